The number of hydrogen-bond donors (Lipinski definition) is 2. The van der Waals surface area contributed by atoms with Crippen LogP contribution in [0.4, 0.5) is 10.5 Å². The predicted molar refractivity (Wildman–Crippen MR) is 96.4 cm³/mol. The van der Waals surface area contributed by atoms with E-state index in [1.54, 1.807) is 42.7 Å². The highest BCUT2D eigenvalue weighted by Gasteiger charge is 2.06. The average molecular weight is 339 g/mol. The van der Waals surface area contributed by atoms with Gasteiger partial charge >= 0.3 is 6.03 Å². The van der Waals surface area contributed by atoms with Crippen molar-refractivity contribution < 1.29 is 9.53 Å². The number of hydrogen-bond acceptors (Lipinski definition) is 4. The molecule has 1 aromatic heterocycles. The van der Waals surface area contributed by atoms with Crippen molar-refractivity contribution in [2.24, 2.45) is 0 Å². The van der Waals surface area contributed by atoms with Gasteiger partial charge in [-0.3, -0.25) is 0 Å². The van der Waals surface area contributed by atoms with E-state index in [9.17, 15) is 4.79 Å². The van der Waals surface area contributed by atoms with Gasteiger partial charge in [0.1, 0.15) is 10.8 Å². The summed E-state index contributed by atoms with van der Waals surface area (Å²) in [6.07, 6.45) is 0. The first kappa shape index (κ1) is 16.0. The maximum atomic E-state index is 11.9. The average Bonchev–Trinajstić information content (AvgIpc) is 3.10. The van der Waals surface area contributed by atoms with Gasteiger partial charge in [0.15, 0.2) is 0 Å². The van der Waals surface area contributed by atoms with Crippen molar-refractivity contribution in [1.29, 1.82) is 0 Å². The van der Waals surface area contributed by atoms with Gasteiger partial charge in [-0.25, -0.2) is 9.78 Å². The Morgan fingerprint density at radius 3 is 2.58 bits per heavy atom. The van der Waals surface area contributed by atoms with Crippen LogP contribution in [0, 0.1) is 0 Å². The van der Waals surface area contributed by atoms with Gasteiger partial charge in [0.05, 0.1) is 19.3 Å². The van der Waals surface area contributed by atoms with Gasteiger partial charge in [0.25, 0.3) is 0 Å². The van der Waals surface area contributed by atoms with Crippen LogP contribution in [-0.4, -0.2) is 18.1 Å². The highest BCUT2D eigenvalue weighted by atomic mass is 32.1. The number of amides is 2. The van der Waals surface area contributed by atoms with Crippen molar-refractivity contribution in [3.05, 3.63) is 65.7 Å². The molecule has 0 aliphatic rings. The number of ether oxygens (including phenoxy) is 1. The summed E-state index contributed by atoms with van der Waals surface area (Å²) in [7, 11) is 1.60. The number of anilines is 1. The van der Waals surface area contributed by atoms with Gasteiger partial charge in [-0.15, -0.1) is 11.3 Å². The smallest absolute Gasteiger partial charge is 0.319 e. The van der Waals surface area contributed by atoms with Crippen LogP contribution in [-0.2, 0) is 6.54 Å². The van der Waals surface area contributed by atoms with Gasteiger partial charge in [-0.1, -0.05) is 30.3 Å². The van der Waals surface area contributed by atoms with Crippen molar-refractivity contribution in [3.8, 4) is 16.3 Å². The second kappa shape index (κ2) is 7.61. The fourth-order valence-electron chi connectivity index (χ4n) is 2.12. The van der Waals surface area contributed by atoms with Crippen molar-refractivity contribution in [2.45, 2.75) is 6.54 Å². The number of aromatic nitrogens is 1. The number of nitrogens with one attached hydrogen (secondary N) is 2. The second-order valence-electron chi connectivity index (χ2n) is 5.05. The molecular weight excluding hydrogens is 322 g/mol. The first-order valence-corrected chi connectivity index (χ1v) is 8.31. The zero-order valence-corrected chi connectivity index (χ0v) is 14.0. The van der Waals surface area contributed by atoms with Gasteiger partial charge in [-0.05, 0) is 24.3 Å². The number of carbonyl (C=O) groups is 1. The summed E-state index contributed by atoms with van der Waals surface area (Å²) in [6, 6.07) is 16.9. The molecule has 3 rings (SSSR count). The Balaban J connectivity index is 1.53. The standard InChI is InChI=1S/C18H17N3O2S/c1-23-16-9-7-14(8-10-16)21-18(22)19-11-15-12-24-17(20-15)13-5-3-2-4-6-13/h2-10,12H,11H2,1H3,(H2,19,21,22). The van der Waals surface area contributed by atoms with Crippen LogP contribution < -0.4 is 15.4 Å². The third-order valence-electron chi connectivity index (χ3n) is 3.35. The Morgan fingerprint density at radius 2 is 1.88 bits per heavy atom. The summed E-state index contributed by atoms with van der Waals surface area (Å²) in [6.45, 7) is 0.380. The van der Waals surface area contributed by atoms with E-state index in [4.69, 9.17) is 4.74 Å². The molecule has 2 N–H and O–H groups in total. The monoisotopic (exact) mass is 339 g/mol. The quantitative estimate of drug-likeness (QED) is 0.734. The largest absolute Gasteiger partial charge is 0.497 e. The third kappa shape index (κ3) is 4.11. The zero-order valence-electron chi connectivity index (χ0n) is 13.2. The number of thiazole rings is 1. The van der Waals surface area contributed by atoms with Crippen LogP contribution in [0.15, 0.2) is 60.0 Å². The van der Waals surface area contributed by atoms with Crippen molar-refractivity contribution in [1.82, 2.24) is 10.3 Å². The van der Waals surface area contributed by atoms with Gasteiger partial charge in [0.2, 0.25) is 0 Å². The molecule has 0 unspecified atom stereocenters. The molecular formula is C18H17N3O2S. The summed E-state index contributed by atoms with van der Waals surface area (Å²) in [5.74, 6) is 0.747. The minimum Gasteiger partial charge on any atom is -0.497 e. The summed E-state index contributed by atoms with van der Waals surface area (Å²) < 4.78 is 5.08. The lowest BCUT2D eigenvalue weighted by Crippen LogP contribution is -2.28. The summed E-state index contributed by atoms with van der Waals surface area (Å²) in [5.41, 5.74) is 2.62. The Kier molecular flexibility index (Phi) is 5.08. The Hall–Kier alpha value is -2.86. The normalized spacial score (nSPS) is 10.2. The molecule has 24 heavy (non-hydrogen) atoms. The number of urea groups is 1. The Bertz CT molecular complexity index is 801. The topological polar surface area (TPSA) is 63.2 Å². The van der Waals surface area contributed by atoms with E-state index in [1.807, 2.05) is 35.7 Å². The van der Waals surface area contributed by atoms with Crippen LogP contribution in [0.3, 0.4) is 0 Å². The van der Waals surface area contributed by atoms with Crippen LogP contribution in [0.5, 0.6) is 5.75 Å². The highest BCUT2D eigenvalue weighted by molar-refractivity contribution is 7.13. The van der Waals surface area contributed by atoms with Crippen LogP contribution in [0.25, 0.3) is 10.6 Å². The summed E-state index contributed by atoms with van der Waals surface area (Å²) >= 11 is 1.57. The lowest BCUT2D eigenvalue weighted by atomic mass is 10.2. The van der Waals surface area contributed by atoms with E-state index < -0.39 is 0 Å². The Morgan fingerprint density at radius 1 is 1.12 bits per heavy atom. The lowest BCUT2D eigenvalue weighted by molar-refractivity contribution is 0.251. The molecule has 2 amide bonds. The molecule has 0 spiro atoms. The van der Waals surface area contributed by atoms with E-state index >= 15 is 0 Å². The SMILES string of the molecule is COc1ccc(NC(=O)NCc2csc(-c3ccccc3)n2)cc1. The molecule has 0 atom stereocenters. The van der Waals surface area contributed by atoms with E-state index in [0.29, 0.717) is 12.2 Å². The molecule has 2 aromatic carbocycles. The second-order valence-corrected chi connectivity index (χ2v) is 5.90. The van der Waals surface area contributed by atoms with Crippen molar-refractivity contribution >= 4 is 23.1 Å². The minimum absolute atomic E-state index is 0.269. The molecule has 122 valence electrons. The van der Waals surface area contributed by atoms with Crippen LogP contribution >= 0.6 is 11.3 Å². The molecule has 3 aromatic rings. The molecule has 0 radical (unpaired) electrons. The fourth-order valence-corrected chi connectivity index (χ4v) is 2.95. The van der Waals surface area contributed by atoms with Gasteiger partial charge in [-0.2, -0.15) is 0 Å². The zero-order chi connectivity index (χ0) is 16.8. The first-order valence-electron chi connectivity index (χ1n) is 7.43. The van der Waals surface area contributed by atoms with Crippen LogP contribution in [0.2, 0.25) is 0 Å². The van der Waals surface area contributed by atoms with Crippen molar-refractivity contribution in [3.63, 3.8) is 0 Å². The first-order chi connectivity index (χ1) is 11.7. The summed E-state index contributed by atoms with van der Waals surface area (Å²) in [5, 5.41) is 8.48. The van der Waals surface area contributed by atoms with Gasteiger partial charge < -0.3 is 15.4 Å². The minimum atomic E-state index is -0.269. The molecule has 0 aliphatic carbocycles. The van der Waals surface area contributed by atoms with Gasteiger partial charge in [0, 0.05) is 16.6 Å². The van der Waals surface area contributed by atoms with E-state index in [0.717, 1.165) is 22.0 Å². The third-order valence-corrected chi connectivity index (χ3v) is 4.29. The molecule has 5 nitrogen and oxygen atoms in total. The molecule has 0 saturated heterocycles. The number of carbonyl (C=O) groups excluding carboxylic acids is 1. The van der Waals surface area contributed by atoms with E-state index in [1.165, 1.54) is 0 Å². The van der Waals surface area contributed by atoms with Crippen LogP contribution in [0.1, 0.15) is 5.69 Å². The highest BCUT2D eigenvalue weighted by Crippen LogP contribution is 2.23. The van der Waals surface area contributed by atoms with E-state index in [-0.39, 0.29) is 6.03 Å². The predicted octanol–water partition coefficient (Wildman–Crippen LogP) is 4.14. The molecule has 0 aliphatic heterocycles. The number of rotatable bonds is 5. The summed E-state index contributed by atoms with van der Waals surface area (Å²) in [4.78, 5) is 16.5. The maximum Gasteiger partial charge on any atom is 0.319 e. The van der Waals surface area contributed by atoms with E-state index in [2.05, 4.69) is 15.6 Å². The molecule has 0 fully saturated rings. The molecule has 0 saturated carbocycles. The Labute approximate surface area is 144 Å². The molecule has 1 heterocycles. The number of nitrogens with zero attached hydrogens (tertiary/aromatic N) is 1. The fraction of sp³-hybridized carbons (Fsp3) is 0.111. The van der Waals surface area contributed by atoms with Crippen molar-refractivity contribution in [2.75, 3.05) is 12.4 Å². The molecule has 6 heteroatoms. The number of methoxy groups -OCH3 is 1. The number of benzene rings is 2. The molecule has 0 bridgehead atoms. The maximum absolute atomic E-state index is 11.9. The lowest BCUT2D eigenvalue weighted by Gasteiger charge is -2.07.